The molecule has 3 fully saturated rings. The first-order valence-electron chi connectivity index (χ1n) is 17.4. The highest BCUT2D eigenvalue weighted by Gasteiger charge is 2.53. The van der Waals surface area contributed by atoms with Gasteiger partial charge in [0.05, 0.1) is 40.1 Å². The third-order valence-corrected chi connectivity index (χ3v) is 9.38. The summed E-state index contributed by atoms with van der Waals surface area (Å²) >= 11 is 0. The Hall–Kier alpha value is -3.67. The monoisotopic (exact) mass is 784 g/mol. The van der Waals surface area contributed by atoms with Crippen molar-refractivity contribution in [3.05, 3.63) is 53.6 Å². The number of rotatable bonds is 14. The molecule has 0 saturated carbocycles. The van der Waals surface area contributed by atoms with Crippen LogP contribution in [0.5, 0.6) is 23.0 Å². The molecule has 3 heterocycles. The lowest BCUT2D eigenvalue weighted by Gasteiger charge is -2.47. The number of benzene rings is 2. The number of phenols is 2. The summed E-state index contributed by atoms with van der Waals surface area (Å²) in [4.78, 5) is 13.4. The standard InChI is InChI=1S/C36H48O19/c1-16-26(41)28(43)30(45)36(52-16)55-33-31(46)35(49-11-10-18-5-8-22(47-2)20(38)12-18)53-24(15-51-34-29(44)27(42)21(39)14-50-34)32(33)54-25(40)9-6-17-4-7-19(37)23(13-17)48-3/h4-9,12-13,16,21,24,26-39,41-46H,10-11,14-15H2,1-3H3/t16-,21-,24+,26-,27-,28-,29+,30-,31+,32+,33+,34-,35+,36-/m0/s1. The first kappa shape index (κ1) is 42.5. The number of methoxy groups -OCH3 is 2. The highest BCUT2D eigenvalue weighted by molar-refractivity contribution is 5.87. The molecule has 3 saturated heterocycles. The molecule has 19 nitrogen and oxygen atoms in total. The van der Waals surface area contributed by atoms with Gasteiger partial charge >= 0.3 is 5.97 Å². The van der Waals surface area contributed by atoms with Crippen molar-refractivity contribution in [1.29, 1.82) is 0 Å². The van der Waals surface area contributed by atoms with Crippen LogP contribution in [0.4, 0.5) is 0 Å². The van der Waals surface area contributed by atoms with Crippen molar-refractivity contribution in [3.63, 3.8) is 0 Å². The summed E-state index contributed by atoms with van der Waals surface area (Å²) in [6.07, 6.45) is -19.4. The van der Waals surface area contributed by atoms with E-state index in [1.807, 2.05) is 0 Å². The quantitative estimate of drug-likeness (QED) is 0.0744. The maximum atomic E-state index is 13.4. The Kier molecular flexibility index (Phi) is 14.7. The SMILES string of the molecule is COc1ccc(CCO[C@@H]2O[C@H](CO[C@@H]3OC[C@H](O)[C@H](O)[C@H]3O)[C@@H](OC(=O)C=Cc3ccc(O)c(OC)c3)[C@H](O[C@@H]3O[C@@H](C)[C@H](O)[C@H](O)[C@@H]3O)[C@H]2O)cc1O. The van der Waals surface area contributed by atoms with Gasteiger partial charge in [-0.25, -0.2) is 4.79 Å². The number of aromatic hydroxyl groups is 2. The molecule has 14 atom stereocenters. The van der Waals surface area contributed by atoms with Gasteiger partial charge in [0.15, 0.2) is 48.0 Å². The van der Waals surface area contributed by atoms with E-state index in [1.54, 1.807) is 12.1 Å². The Morgan fingerprint density at radius 1 is 0.764 bits per heavy atom. The van der Waals surface area contributed by atoms with E-state index in [1.165, 1.54) is 51.5 Å². The Morgan fingerprint density at radius 2 is 1.49 bits per heavy atom. The maximum Gasteiger partial charge on any atom is 0.331 e. The molecule has 0 radical (unpaired) electrons. The second-order valence-electron chi connectivity index (χ2n) is 13.2. The summed E-state index contributed by atoms with van der Waals surface area (Å²) in [5.74, 6) is -0.848. The minimum atomic E-state index is -1.84. The zero-order valence-corrected chi connectivity index (χ0v) is 30.1. The van der Waals surface area contributed by atoms with Crippen LogP contribution in [0.2, 0.25) is 0 Å². The van der Waals surface area contributed by atoms with Gasteiger partial charge in [-0.3, -0.25) is 0 Å². The summed E-state index contributed by atoms with van der Waals surface area (Å²) in [7, 11) is 2.75. The van der Waals surface area contributed by atoms with Gasteiger partial charge < -0.3 is 88.6 Å². The number of ether oxygens (including phenoxy) is 9. The average molecular weight is 785 g/mol. The minimum Gasteiger partial charge on any atom is -0.504 e. The third kappa shape index (κ3) is 10.2. The molecule has 2 aromatic carbocycles. The number of carbonyl (C=O) groups excluding carboxylic acids is 1. The van der Waals surface area contributed by atoms with Crippen molar-refractivity contribution < 1.29 is 93.4 Å². The number of phenolic OH excluding ortho intramolecular Hbond substituents is 2. The molecule has 9 N–H and O–H groups in total. The molecule has 3 aliphatic heterocycles. The van der Waals surface area contributed by atoms with Crippen LogP contribution in [0.15, 0.2) is 42.5 Å². The van der Waals surface area contributed by atoms with Crippen LogP contribution >= 0.6 is 0 Å². The predicted molar refractivity (Wildman–Crippen MR) is 183 cm³/mol. The lowest BCUT2D eigenvalue weighted by atomic mass is 9.96. The topological polar surface area (TPSA) is 282 Å². The molecule has 0 unspecified atom stereocenters. The Morgan fingerprint density at radius 3 is 2.20 bits per heavy atom. The number of esters is 1. The molecule has 0 bridgehead atoms. The van der Waals surface area contributed by atoms with E-state index in [4.69, 9.17) is 42.6 Å². The highest BCUT2D eigenvalue weighted by Crippen LogP contribution is 2.33. The molecule has 0 aromatic heterocycles. The van der Waals surface area contributed by atoms with Crippen LogP contribution in [-0.4, -0.2) is 172 Å². The molecule has 19 heteroatoms. The van der Waals surface area contributed by atoms with Crippen molar-refractivity contribution in [2.45, 2.75) is 99.4 Å². The first-order valence-corrected chi connectivity index (χ1v) is 17.4. The second-order valence-corrected chi connectivity index (χ2v) is 13.2. The molecule has 0 aliphatic carbocycles. The van der Waals surface area contributed by atoms with Crippen molar-refractivity contribution >= 4 is 12.0 Å². The van der Waals surface area contributed by atoms with Gasteiger partial charge in [0.25, 0.3) is 0 Å². The first-order chi connectivity index (χ1) is 26.2. The van der Waals surface area contributed by atoms with Gasteiger partial charge in [0.2, 0.25) is 0 Å². The molecule has 0 amide bonds. The van der Waals surface area contributed by atoms with Crippen LogP contribution < -0.4 is 9.47 Å². The van der Waals surface area contributed by atoms with Crippen LogP contribution in [0, 0.1) is 0 Å². The Labute approximate surface area is 315 Å². The van der Waals surface area contributed by atoms with Gasteiger partial charge in [0.1, 0.15) is 54.9 Å². The largest absolute Gasteiger partial charge is 0.504 e. The van der Waals surface area contributed by atoms with Gasteiger partial charge in [-0.15, -0.1) is 0 Å². The van der Waals surface area contributed by atoms with Crippen molar-refractivity contribution in [2.75, 3.05) is 34.0 Å². The van der Waals surface area contributed by atoms with E-state index in [0.717, 1.165) is 6.08 Å². The third-order valence-electron chi connectivity index (χ3n) is 9.38. The summed E-state index contributed by atoms with van der Waals surface area (Å²) < 4.78 is 50.6. The molecular weight excluding hydrogens is 736 g/mol. The fraction of sp³-hybridized carbons (Fsp3) is 0.583. The normalized spacial score (nSPS) is 35.4. The van der Waals surface area contributed by atoms with Crippen LogP contribution in [0.3, 0.4) is 0 Å². The molecule has 3 aliphatic rings. The summed E-state index contributed by atoms with van der Waals surface area (Å²) in [5, 5.41) is 93.9. The van der Waals surface area contributed by atoms with Crippen LogP contribution in [0.1, 0.15) is 18.1 Å². The molecule has 55 heavy (non-hydrogen) atoms. The van der Waals surface area contributed by atoms with Crippen molar-refractivity contribution in [1.82, 2.24) is 0 Å². The van der Waals surface area contributed by atoms with E-state index in [2.05, 4.69) is 0 Å². The van der Waals surface area contributed by atoms with Gasteiger partial charge in [-0.2, -0.15) is 0 Å². The molecule has 5 rings (SSSR count). The van der Waals surface area contributed by atoms with E-state index >= 15 is 0 Å². The number of hydrogen-bond donors (Lipinski definition) is 9. The zero-order valence-electron chi connectivity index (χ0n) is 30.1. The summed E-state index contributed by atoms with van der Waals surface area (Å²) in [6, 6.07) is 9.00. The maximum absolute atomic E-state index is 13.4. The minimum absolute atomic E-state index is 0.101. The fourth-order valence-electron chi connectivity index (χ4n) is 6.18. The van der Waals surface area contributed by atoms with Crippen LogP contribution in [0.25, 0.3) is 6.08 Å². The Bertz CT molecular complexity index is 1590. The van der Waals surface area contributed by atoms with Crippen LogP contribution in [-0.2, 0) is 44.4 Å². The Balaban J connectivity index is 1.42. The molecule has 0 spiro atoms. The van der Waals surface area contributed by atoms with E-state index in [0.29, 0.717) is 11.1 Å². The van der Waals surface area contributed by atoms with Gasteiger partial charge in [-0.1, -0.05) is 12.1 Å². The second kappa shape index (κ2) is 19.0. The number of aliphatic hydroxyl groups excluding tert-OH is 7. The highest BCUT2D eigenvalue weighted by atomic mass is 16.8. The fourth-order valence-corrected chi connectivity index (χ4v) is 6.18. The molecular formula is C36H48O19. The van der Waals surface area contributed by atoms with Gasteiger partial charge in [0, 0.05) is 6.08 Å². The van der Waals surface area contributed by atoms with Crippen molar-refractivity contribution in [3.8, 4) is 23.0 Å². The lowest BCUT2D eigenvalue weighted by molar-refractivity contribution is -0.362. The predicted octanol–water partition coefficient (Wildman–Crippen LogP) is -1.95. The van der Waals surface area contributed by atoms with Gasteiger partial charge in [-0.05, 0) is 54.8 Å². The van der Waals surface area contributed by atoms with Crippen molar-refractivity contribution in [2.24, 2.45) is 0 Å². The molecule has 2 aromatic rings. The smallest absolute Gasteiger partial charge is 0.331 e. The lowest BCUT2D eigenvalue weighted by Crippen LogP contribution is -2.65. The number of carbonyl (C=O) groups is 1. The average Bonchev–Trinajstić information content (AvgIpc) is 3.17. The number of aliphatic hydroxyl groups is 7. The summed E-state index contributed by atoms with van der Waals surface area (Å²) in [6.45, 7) is 0.361. The number of hydrogen-bond acceptors (Lipinski definition) is 19. The molecule has 306 valence electrons. The zero-order chi connectivity index (χ0) is 40.0. The van der Waals surface area contributed by atoms with E-state index in [9.17, 15) is 50.8 Å². The van der Waals surface area contributed by atoms with E-state index in [-0.39, 0.29) is 42.6 Å². The summed E-state index contributed by atoms with van der Waals surface area (Å²) in [5.41, 5.74) is 1.06. The van der Waals surface area contributed by atoms with E-state index < -0.39 is 98.6 Å².